The highest BCUT2D eigenvalue weighted by Gasteiger charge is 2.25. The van der Waals surface area contributed by atoms with Gasteiger partial charge >= 0.3 is 0 Å². The Balaban J connectivity index is 2.10. The van der Waals surface area contributed by atoms with Gasteiger partial charge in [0.05, 0.1) is 12.2 Å². The summed E-state index contributed by atoms with van der Waals surface area (Å²) < 4.78 is 0. The fourth-order valence-corrected chi connectivity index (χ4v) is 1.87. The summed E-state index contributed by atoms with van der Waals surface area (Å²) >= 11 is 0. The van der Waals surface area contributed by atoms with E-state index >= 15 is 0 Å². The second-order valence-corrected chi connectivity index (χ2v) is 4.46. The van der Waals surface area contributed by atoms with Crippen molar-refractivity contribution in [3.05, 3.63) is 0 Å². The average molecular weight is 254 g/mol. The van der Waals surface area contributed by atoms with Crippen LogP contribution < -0.4 is 22.1 Å². The van der Waals surface area contributed by atoms with Crippen molar-refractivity contribution in [1.82, 2.24) is 9.97 Å². The largest absolute Gasteiger partial charge is 0.391 e. The average Bonchev–Trinajstić information content (AvgIpc) is 2.29. The van der Waals surface area contributed by atoms with Gasteiger partial charge in [0.25, 0.3) is 0 Å². The van der Waals surface area contributed by atoms with Crippen molar-refractivity contribution in [3.8, 4) is 0 Å². The van der Waals surface area contributed by atoms with Crippen molar-refractivity contribution in [3.63, 3.8) is 0 Å². The minimum Gasteiger partial charge on any atom is -0.391 e. The maximum atomic E-state index is 9.64. The Kier molecular flexibility index (Phi) is 3.39. The molecule has 0 fully saturated rings. The molecule has 0 saturated carbocycles. The zero-order chi connectivity index (χ0) is 13.3. The molecule has 8 heteroatoms. The lowest BCUT2D eigenvalue weighted by molar-refractivity contribution is 0.0238. The molecule has 100 valence electrons. The molecule has 0 amide bonds. The first-order valence-electron chi connectivity index (χ1n) is 5.77. The van der Waals surface area contributed by atoms with Crippen molar-refractivity contribution in [1.29, 1.82) is 0 Å². The van der Waals surface area contributed by atoms with Gasteiger partial charge < -0.3 is 32.3 Å². The summed E-state index contributed by atoms with van der Waals surface area (Å²) in [5.41, 5.74) is 11.8. The van der Waals surface area contributed by atoms with Crippen molar-refractivity contribution in [2.75, 3.05) is 28.6 Å². The highest BCUT2D eigenvalue weighted by Crippen LogP contribution is 2.30. The Hall–Kier alpha value is -1.80. The van der Waals surface area contributed by atoms with Crippen LogP contribution in [-0.2, 0) is 0 Å². The van der Waals surface area contributed by atoms with Crippen molar-refractivity contribution in [2.24, 2.45) is 0 Å². The number of hydrogen-bond acceptors (Lipinski definition) is 8. The second kappa shape index (κ2) is 4.83. The van der Waals surface area contributed by atoms with E-state index in [1.165, 1.54) is 0 Å². The van der Waals surface area contributed by atoms with Crippen molar-refractivity contribution in [2.45, 2.75) is 31.6 Å². The van der Waals surface area contributed by atoms with E-state index in [0.717, 1.165) is 0 Å². The lowest BCUT2D eigenvalue weighted by Gasteiger charge is -2.30. The Labute approximate surface area is 104 Å². The molecule has 0 aliphatic carbocycles. The predicted molar refractivity (Wildman–Crippen MR) is 69.1 cm³/mol. The van der Waals surface area contributed by atoms with E-state index in [1.54, 1.807) is 6.92 Å². The van der Waals surface area contributed by atoms with Crippen LogP contribution in [0.1, 0.15) is 13.3 Å². The number of nitrogens with two attached hydrogens (primary N) is 2. The molecule has 18 heavy (non-hydrogen) atoms. The van der Waals surface area contributed by atoms with E-state index in [0.29, 0.717) is 24.5 Å². The minimum atomic E-state index is -0.790. The SMILES string of the molecule is CC(O)C(O)CC1CNc2nc(N)nc(N)c2N1. The summed E-state index contributed by atoms with van der Waals surface area (Å²) in [5, 5.41) is 25.1. The normalized spacial score (nSPS) is 21.4. The summed E-state index contributed by atoms with van der Waals surface area (Å²) in [5.74, 6) is 0.937. The van der Waals surface area contributed by atoms with Gasteiger partial charge in [-0.05, 0) is 13.3 Å². The van der Waals surface area contributed by atoms with Gasteiger partial charge in [-0.25, -0.2) is 0 Å². The van der Waals surface area contributed by atoms with E-state index in [9.17, 15) is 10.2 Å². The Morgan fingerprint density at radius 1 is 1.39 bits per heavy atom. The van der Waals surface area contributed by atoms with Crippen LogP contribution in [0.25, 0.3) is 0 Å². The number of nitrogens with one attached hydrogen (secondary N) is 2. The lowest BCUT2D eigenvalue weighted by Crippen LogP contribution is -2.39. The second-order valence-electron chi connectivity index (χ2n) is 4.46. The maximum Gasteiger partial charge on any atom is 0.224 e. The van der Waals surface area contributed by atoms with E-state index in [1.807, 2.05) is 0 Å². The number of aliphatic hydroxyl groups excluding tert-OH is 2. The Bertz CT molecular complexity index is 439. The fourth-order valence-electron chi connectivity index (χ4n) is 1.87. The third-order valence-corrected chi connectivity index (χ3v) is 2.90. The molecular formula is C10H18N6O2. The molecular weight excluding hydrogens is 236 g/mol. The van der Waals surface area contributed by atoms with Gasteiger partial charge in [0.2, 0.25) is 5.95 Å². The highest BCUT2D eigenvalue weighted by atomic mass is 16.3. The molecule has 0 saturated heterocycles. The van der Waals surface area contributed by atoms with E-state index < -0.39 is 12.2 Å². The Morgan fingerprint density at radius 3 is 2.78 bits per heavy atom. The predicted octanol–water partition coefficient (Wildman–Crippen LogP) is -1.02. The molecule has 1 aliphatic rings. The van der Waals surface area contributed by atoms with Crippen LogP contribution in [0.15, 0.2) is 0 Å². The molecule has 0 spiro atoms. The number of hydrogen-bond donors (Lipinski definition) is 6. The molecule has 8 N–H and O–H groups in total. The first-order chi connectivity index (χ1) is 8.47. The van der Waals surface area contributed by atoms with Crippen LogP contribution in [-0.4, -0.2) is 45.0 Å². The van der Waals surface area contributed by atoms with Crippen LogP contribution in [0.2, 0.25) is 0 Å². The number of aromatic nitrogens is 2. The zero-order valence-corrected chi connectivity index (χ0v) is 10.1. The monoisotopic (exact) mass is 254 g/mol. The van der Waals surface area contributed by atoms with Gasteiger partial charge in [-0.2, -0.15) is 9.97 Å². The molecule has 3 atom stereocenters. The van der Waals surface area contributed by atoms with Gasteiger partial charge in [-0.3, -0.25) is 0 Å². The topological polar surface area (TPSA) is 142 Å². The first kappa shape index (κ1) is 12.7. The molecule has 2 heterocycles. The minimum absolute atomic E-state index is 0.0587. The smallest absolute Gasteiger partial charge is 0.224 e. The lowest BCUT2D eigenvalue weighted by atomic mass is 10.0. The van der Waals surface area contributed by atoms with Gasteiger partial charge in [0.15, 0.2) is 11.6 Å². The quantitative estimate of drug-likeness (QED) is 0.402. The molecule has 0 radical (unpaired) electrons. The van der Waals surface area contributed by atoms with E-state index in [4.69, 9.17) is 11.5 Å². The van der Waals surface area contributed by atoms with Crippen LogP contribution in [0.5, 0.6) is 0 Å². The van der Waals surface area contributed by atoms with E-state index in [2.05, 4.69) is 20.6 Å². The third kappa shape index (κ3) is 2.54. The number of fused-ring (bicyclic) bond motifs is 1. The van der Waals surface area contributed by atoms with Crippen LogP contribution in [0.4, 0.5) is 23.3 Å². The maximum absolute atomic E-state index is 9.64. The molecule has 1 aromatic heterocycles. The molecule has 1 aromatic rings. The molecule has 0 aromatic carbocycles. The molecule has 2 rings (SSSR count). The number of rotatable bonds is 3. The first-order valence-corrected chi connectivity index (χ1v) is 5.77. The number of nitrogen functional groups attached to an aromatic ring is 2. The zero-order valence-electron chi connectivity index (χ0n) is 10.1. The third-order valence-electron chi connectivity index (χ3n) is 2.90. The summed E-state index contributed by atoms with van der Waals surface area (Å²) in [6.07, 6.45) is -1.16. The summed E-state index contributed by atoms with van der Waals surface area (Å²) in [6, 6.07) is -0.0587. The van der Waals surface area contributed by atoms with Crippen LogP contribution in [0, 0.1) is 0 Å². The van der Waals surface area contributed by atoms with Crippen molar-refractivity contribution >= 4 is 23.3 Å². The van der Waals surface area contributed by atoms with Gasteiger partial charge in [0.1, 0.15) is 5.69 Å². The number of nitrogens with zero attached hydrogens (tertiary/aromatic N) is 2. The summed E-state index contributed by atoms with van der Waals surface area (Å²) in [6.45, 7) is 2.11. The van der Waals surface area contributed by atoms with Gasteiger partial charge in [-0.1, -0.05) is 0 Å². The molecule has 1 aliphatic heterocycles. The Morgan fingerprint density at radius 2 is 2.11 bits per heavy atom. The van der Waals surface area contributed by atoms with Crippen LogP contribution >= 0.6 is 0 Å². The molecule has 0 bridgehead atoms. The standard InChI is InChI=1S/C10H18N6O2/c1-4(17)6(18)2-5-3-13-9-7(14-5)8(11)15-10(12)16-9/h4-6,14,17-18H,2-3H2,1H3,(H5,11,12,13,15,16). The van der Waals surface area contributed by atoms with Crippen molar-refractivity contribution < 1.29 is 10.2 Å². The fraction of sp³-hybridized carbons (Fsp3) is 0.600. The summed E-state index contributed by atoms with van der Waals surface area (Å²) in [7, 11) is 0. The molecule has 8 nitrogen and oxygen atoms in total. The van der Waals surface area contributed by atoms with Gasteiger partial charge in [0, 0.05) is 12.6 Å². The number of anilines is 4. The van der Waals surface area contributed by atoms with Gasteiger partial charge in [-0.15, -0.1) is 0 Å². The van der Waals surface area contributed by atoms with Crippen LogP contribution in [0.3, 0.4) is 0 Å². The highest BCUT2D eigenvalue weighted by molar-refractivity contribution is 5.78. The molecule has 3 unspecified atom stereocenters. The number of aliphatic hydroxyl groups is 2. The summed E-state index contributed by atoms with van der Waals surface area (Å²) in [4.78, 5) is 7.89. The van der Waals surface area contributed by atoms with E-state index in [-0.39, 0.29) is 17.8 Å².